The maximum absolute atomic E-state index is 6.15. The minimum absolute atomic E-state index is 0.911. The van der Waals surface area contributed by atoms with Crippen molar-refractivity contribution in [2.75, 3.05) is 0 Å². The fourth-order valence-electron chi connectivity index (χ4n) is 11.5. The van der Waals surface area contributed by atoms with Crippen molar-refractivity contribution in [3.8, 4) is 50.4 Å². The van der Waals surface area contributed by atoms with Crippen LogP contribution in [-0.2, 0) is 0 Å². The van der Waals surface area contributed by atoms with Crippen molar-refractivity contribution < 1.29 is 4.42 Å². The third kappa shape index (κ3) is 5.77. The minimum Gasteiger partial charge on any atom is -0.456 e. The van der Waals surface area contributed by atoms with Crippen LogP contribution in [0.25, 0.3) is 138 Å². The zero-order valence-corrected chi connectivity index (χ0v) is 37.9. The molecule has 0 aliphatic carbocycles. The third-order valence-corrected chi connectivity index (χ3v) is 14.7. The third-order valence-electron chi connectivity index (χ3n) is 14.7. The van der Waals surface area contributed by atoms with Gasteiger partial charge < -0.3 is 18.1 Å². The zero-order valence-electron chi connectivity index (χ0n) is 37.9. The van der Waals surface area contributed by atoms with Gasteiger partial charge in [-0.15, -0.1) is 0 Å². The molecule has 11 aromatic carbocycles. The molecule has 0 radical (unpaired) electrons. The van der Waals surface area contributed by atoms with Crippen LogP contribution >= 0.6 is 0 Å². The van der Waals surface area contributed by atoms with Gasteiger partial charge in [-0.05, 0) is 130 Å². The summed E-state index contributed by atoms with van der Waals surface area (Å²) >= 11 is 0. The number of benzene rings is 11. The van der Waals surface area contributed by atoms with Crippen LogP contribution in [0.1, 0.15) is 0 Å². The van der Waals surface area contributed by atoms with Gasteiger partial charge in [-0.25, -0.2) is 0 Å². The van der Waals surface area contributed by atoms with Crippen LogP contribution in [0.2, 0.25) is 0 Å². The summed E-state index contributed by atoms with van der Waals surface area (Å²) in [7, 11) is 0. The smallest absolute Gasteiger partial charge is 0.135 e. The number of fused-ring (bicyclic) bond motifs is 12. The number of hydrogen-bond acceptors (Lipinski definition) is 1. The first kappa shape index (κ1) is 38.7. The van der Waals surface area contributed by atoms with Gasteiger partial charge in [-0.2, -0.15) is 0 Å². The largest absolute Gasteiger partial charge is 0.456 e. The molecule has 0 spiro atoms. The second kappa shape index (κ2) is 15.1. The normalized spacial score (nSPS) is 12.0. The van der Waals surface area contributed by atoms with Crippen LogP contribution in [0.5, 0.6) is 0 Å². The first-order chi connectivity index (χ1) is 34.7. The van der Waals surface area contributed by atoms with Gasteiger partial charge in [0, 0.05) is 60.2 Å². The Morgan fingerprint density at radius 3 is 1.40 bits per heavy atom. The molecule has 0 atom stereocenters. The van der Waals surface area contributed by atoms with E-state index in [1.165, 1.54) is 98.8 Å². The highest BCUT2D eigenvalue weighted by molar-refractivity contribution is 6.17. The number of hydrogen-bond donors (Lipinski definition) is 0. The second-order valence-corrected chi connectivity index (χ2v) is 18.5. The Bertz CT molecular complexity index is 4560. The van der Waals surface area contributed by atoms with E-state index in [-0.39, 0.29) is 0 Å². The second-order valence-electron chi connectivity index (χ2n) is 18.5. The highest BCUT2D eigenvalue weighted by atomic mass is 16.3. The first-order valence-electron chi connectivity index (χ1n) is 24.0. The summed E-state index contributed by atoms with van der Waals surface area (Å²) in [4.78, 5) is 0. The van der Waals surface area contributed by atoms with Crippen LogP contribution in [0.4, 0.5) is 0 Å². The van der Waals surface area contributed by atoms with Crippen molar-refractivity contribution in [3.63, 3.8) is 0 Å². The van der Waals surface area contributed by atoms with E-state index in [1.807, 2.05) is 12.1 Å². The predicted molar refractivity (Wildman–Crippen MR) is 293 cm³/mol. The maximum Gasteiger partial charge on any atom is 0.135 e. The Morgan fingerprint density at radius 2 is 0.686 bits per heavy atom. The van der Waals surface area contributed by atoms with Crippen LogP contribution < -0.4 is 0 Å². The Morgan fingerprint density at radius 1 is 0.229 bits per heavy atom. The number of furan rings is 1. The van der Waals surface area contributed by atoms with Crippen molar-refractivity contribution >= 4 is 87.4 Å². The molecule has 0 saturated heterocycles. The van der Waals surface area contributed by atoms with Crippen molar-refractivity contribution in [1.29, 1.82) is 0 Å². The van der Waals surface area contributed by atoms with Gasteiger partial charge in [-0.3, -0.25) is 0 Å². The van der Waals surface area contributed by atoms with Crippen molar-refractivity contribution in [2.24, 2.45) is 0 Å². The van der Waals surface area contributed by atoms with Crippen molar-refractivity contribution in [2.45, 2.75) is 0 Å². The van der Waals surface area contributed by atoms with Gasteiger partial charge in [0.15, 0.2) is 0 Å². The van der Waals surface area contributed by atoms with E-state index in [2.05, 4.69) is 250 Å². The molecule has 0 fully saturated rings. The average Bonchev–Trinajstić information content (AvgIpc) is 4.17. The summed E-state index contributed by atoms with van der Waals surface area (Å²) in [5.74, 6) is 0. The molecule has 70 heavy (non-hydrogen) atoms. The molecule has 4 heterocycles. The lowest BCUT2D eigenvalue weighted by atomic mass is 9.98. The molecule has 15 rings (SSSR count). The Hall–Kier alpha value is -9.38. The fraction of sp³-hybridized carbons (Fsp3) is 0. The molecule has 4 nitrogen and oxygen atoms in total. The molecule has 4 heteroatoms. The van der Waals surface area contributed by atoms with Crippen LogP contribution in [0.3, 0.4) is 0 Å². The van der Waals surface area contributed by atoms with E-state index in [4.69, 9.17) is 4.42 Å². The first-order valence-corrected chi connectivity index (χ1v) is 24.0. The molecule has 0 aliphatic heterocycles. The molecule has 326 valence electrons. The molecular formula is C66H41N3O. The van der Waals surface area contributed by atoms with Crippen LogP contribution in [-0.4, -0.2) is 13.7 Å². The summed E-state index contributed by atoms with van der Waals surface area (Å²) in [5, 5.41) is 9.75. The highest BCUT2D eigenvalue weighted by Gasteiger charge is 2.20. The number of aromatic nitrogens is 3. The Kier molecular flexibility index (Phi) is 8.33. The summed E-state index contributed by atoms with van der Waals surface area (Å²) in [6.45, 7) is 0. The summed E-state index contributed by atoms with van der Waals surface area (Å²) < 4.78 is 13.4. The lowest BCUT2D eigenvalue weighted by Crippen LogP contribution is -1.95. The lowest BCUT2D eigenvalue weighted by molar-refractivity contribution is 0.669. The lowest BCUT2D eigenvalue weighted by Gasteiger charge is -2.12. The van der Waals surface area contributed by atoms with Crippen molar-refractivity contribution in [1.82, 2.24) is 13.7 Å². The van der Waals surface area contributed by atoms with Gasteiger partial charge in [0.05, 0.1) is 33.1 Å². The van der Waals surface area contributed by atoms with E-state index < -0.39 is 0 Å². The van der Waals surface area contributed by atoms with Crippen LogP contribution in [0.15, 0.2) is 253 Å². The molecule has 0 amide bonds. The summed E-state index contributed by atoms with van der Waals surface area (Å²) in [6.07, 6.45) is 0. The fourth-order valence-corrected chi connectivity index (χ4v) is 11.5. The number of para-hydroxylation sites is 5. The zero-order chi connectivity index (χ0) is 45.9. The van der Waals surface area contributed by atoms with Gasteiger partial charge in [-0.1, -0.05) is 152 Å². The van der Waals surface area contributed by atoms with Crippen LogP contribution in [0, 0.1) is 0 Å². The van der Waals surface area contributed by atoms with Gasteiger partial charge in [0.2, 0.25) is 0 Å². The molecule has 4 aromatic heterocycles. The van der Waals surface area contributed by atoms with E-state index in [0.29, 0.717) is 0 Å². The standard InChI is InChI=1S/C66H41N3O/c1-2-13-47(14-3-1)69-58-20-8-4-15-51(58)53-36-29-46(41-63(53)69)50-19-12-23-62-66(50)55-18-6-10-22-60(55)68(62)49-34-27-43(28-35-49)42-25-32-48(33-26-42)67-59-21-9-5-16-52(59)56-39-44(30-37-61(56)67)45-31-38-65-57(40-45)54-17-7-11-24-64(54)70-65/h1-41H. The molecular weight excluding hydrogens is 851 g/mol. The molecule has 0 aliphatic rings. The van der Waals surface area contributed by atoms with Gasteiger partial charge >= 0.3 is 0 Å². The molecule has 15 aromatic rings. The monoisotopic (exact) mass is 891 g/mol. The predicted octanol–water partition coefficient (Wildman–Crippen LogP) is 17.9. The highest BCUT2D eigenvalue weighted by Crippen LogP contribution is 2.42. The number of nitrogens with zero attached hydrogens (tertiary/aromatic N) is 3. The molecule has 0 bridgehead atoms. The van der Waals surface area contributed by atoms with E-state index in [0.717, 1.165) is 39.0 Å². The SMILES string of the molecule is c1ccc(-n2c3ccccc3c3ccc(-c4cccc5c4c4ccccc4n5-c4ccc(-c5ccc(-n6c7ccccc7c7cc(-c8ccc9oc%10ccccc%10c9c8)ccc76)cc5)cc4)cc32)cc1. The Labute approximate surface area is 402 Å². The molecule has 0 N–H and O–H groups in total. The quantitative estimate of drug-likeness (QED) is 0.163. The molecule has 0 unspecified atom stereocenters. The summed E-state index contributed by atoms with van der Waals surface area (Å²) in [6, 6.07) is 90.5. The summed E-state index contributed by atoms with van der Waals surface area (Å²) in [5.41, 5.74) is 19.5. The minimum atomic E-state index is 0.911. The maximum atomic E-state index is 6.15. The van der Waals surface area contributed by atoms with E-state index >= 15 is 0 Å². The Balaban J connectivity index is 0.785. The molecule has 0 saturated carbocycles. The van der Waals surface area contributed by atoms with E-state index in [1.54, 1.807) is 0 Å². The van der Waals surface area contributed by atoms with Crippen molar-refractivity contribution in [3.05, 3.63) is 249 Å². The van der Waals surface area contributed by atoms with E-state index in [9.17, 15) is 0 Å². The van der Waals surface area contributed by atoms with Gasteiger partial charge in [0.1, 0.15) is 11.2 Å². The number of rotatable bonds is 6. The topological polar surface area (TPSA) is 27.9 Å². The average molecular weight is 892 g/mol. The van der Waals surface area contributed by atoms with Gasteiger partial charge in [0.25, 0.3) is 0 Å².